The number of aliphatic hydroxyl groups is 2. The largest absolute Gasteiger partial charge is 0.396 e. The first-order valence-electron chi connectivity index (χ1n) is 6.95. The van der Waals surface area contributed by atoms with Crippen LogP contribution >= 0.6 is 0 Å². The van der Waals surface area contributed by atoms with Crippen LogP contribution in [0, 0.1) is 29.1 Å². The van der Waals surface area contributed by atoms with E-state index in [2.05, 4.69) is 19.9 Å². The molecule has 3 aliphatic rings. The minimum atomic E-state index is -0.598. The molecular formula is C15H24O2. The molecule has 0 spiro atoms. The number of hydrogen-bond acceptors (Lipinski definition) is 2. The first-order valence-corrected chi connectivity index (χ1v) is 6.95. The van der Waals surface area contributed by atoms with E-state index in [1.54, 1.807) is 0 Å². The molecule has 2 nitrogen and oxygen atoms in total. The molecule has 6 atom stereocenters. The molecule has 2 heteroatoms. The second-order valence-electron chi connectivity index (χ2n) is 7.01. The number of fused-ring (bicyclic) bond motifs is 3. The van der Waals surface area contributed by atoms with Crippen molar-refractivity contribution in [1.29, 1.82) is 0 Å². The summed E-state index contributed by atoms with van der Waals surface area (Å²) in [5.41, 5.74) is 0.799. The van der Waals surface area contributed by atoms with Crippen LogP contribution in [0.3, 0.4) is 0 Å². The van der Waals surface area contributed by atoms with Crippen LogP contribution in [0.1, 0.15) is 40.0 Å². The third-order valence-electron chi connectivity index (χ3n) is 5.91. The topological polar surface area (TPSA) is 40.5 Å². The van der Waals surface area contributed by atoms with E-state index in [1.165, 1.54) is 5.57 Å². The van der Waals surface area contributed by atoms with E-state index in [4.69, 9.17) is 0 Å². The second-order valence-corrected chi connectivity index (χ2v) is 7.01. The normalized spacial score (nSPS) is 56.9. The smallest absolute Gasteiger partial charge is 0.0831 e. The molecule has 0 unspecified atom stereocenters. The first kappa shape index (κ1) is 11.7. The van der Waals surface area contributed by atoms with Crippen LogP contribution in [0.2, 0.25) is 0 Å². The van der Waals surface area contributed by atoms with Gasteiger partial charge in [0, 0.05) is 6.61 Å². The van der Waals surface area contributed by atoms with E-state index in [0.717, 1.165) is 19.3 Å². The second kappa shape index (κ2) is 3.36. The molecule has 3 rings (SSSR count). The van der Waals surface area contributed by atoms with Crippen LogP contribution in [-0.2, 0) is 0 Å². The monoisotopic (exact) mass is 236 g/mol. The Morgan fingerprint density at radius 2 is 2.12 bits per heavy atom. The molecule has 0 saturated heterocycles. The lowest BCUT2D eigenvalue weighted by Crippen LogP contribution is -2.32. The van der Waals surface area contributed by atoms with Crippen LogP contribution in [0.15, 0.2) is 11.6 Å². The number of rotatable bonds is 1. The van der Waals surface area contributed by atoms with E-state index in [9.17, 15) is 10.2 Å². The van der Waals surface area contributed by atoms with Gasteiger partial charge >= 0.3 is 0 Å². The Kier molecular flexibility index (Phi) is 2.32. The van der Waals surface area contributed by atoms with Crippen molar-refractivity contribution in [2.24, 2.45) is 29.1 Å². The Balaban J connectivity index is 1.97. The van der Waals surface area contributed by atoms with E-state index in [0.29, 0.717) is 30.3 Å². The zero-order valence-corrected chi connectivity index (χ0v) is 11.1. The molecule has 0 aromatic carbocycles. The molecule has 0 radical (unpaired) electrons. The highest BCUT2D eigenvalue weighted by Crippen LogP contribution is 2.70. The Bertz CT molecular complexity index is 371. The van der Waals surface area contributed by atoms with Gasteiger partial charge in [-0.2, -0.15) is 0 Å². The molecule has 0 aliphatic heterocycles. The van der Waals surface area contributed by atoms with Gasteiger partial charge < -0.3 is 10.2 Å². The van der Waals surface area contributed by atoms with Crippen molar-refractivity contribution in [2.45, 2.75) is 45.6 Å². The SMILES string of the molecule is C[C@@H]1CC=C2[C@@H]1[C@H]1[C@@H](CC[C@]2(C)O)[C@]1(C)CO. The lowest BCUT2D eigenvalue weighted by molar-refractivity contribution is 0.0690. The predicted molar refractivity (Wildman–Crippen MR) is 67.4 cm³/mol. The van der Waals surface area contributed by atoms with Crippen molar-refractivity contribution in [3.8, 4) is 0 Å². The standard InChI is InChI=1S/C15H24O2/c1-9-4-5-10-12(9)13-11(14(13,2)8-16)6-7-15(10,3)17/h5,9,11-13,16-17H,4,6-8H2,1-3H3/t9-,11-,12-,13-,14+,15+/m1/s1. The highest BCUT2D eigenvalue weighted by atomic mass is 16.3. The summed E-state index contributed by atoms with van der Waals surface area (Å²) in [5, 5.41) is 20.2. The lowest BCUT2D eigenvalue weighted by Gasteiger charge is -2.31. The Hall–Kier alpha value is -0.340. The molecule has 0 aromatic heterocycles. The molecule has 96 valence electrons. The summed E-state index contributed by atoms with van der Waals surface area (Å²) in [6.45, 7) is 6.81. The van der Waals surface area contributed by atoms with Gasteiger partial charge in [-0.1, -0.05) is 19.9 Å². The summed E-state index contributed by atoms with van der Waals surface area (Å²) < 4.78 is 0. The summed E-state index contributed by atoms with van der Waals surface area (Å²) in [4.78, 5) is 0. The fourth-order valence-electron chi connectivity index (χ4n) is 4.70. The fourth-order valence-corrected chi connectivity index (χ4v) is 4.70. The van der Waals surface area contributed by atoms with Gasteiger partial charge in [-0.25, -0.2) is 0 Å². The van der Waals surface area contributed by atoms with Gasteiger partial charge in [-0.15, -0.1) is 0 Å². The summed E-state index contributed by atoms with van der Waals surface area (Å²) in [7, 11) is 0. The van der Waals surface area contributed by atoms with Crippen molar-refractivity contribution < 1.29 is 10.2 Å². The van der Waals surface area contributed by atoms with Crippen molar-refractivity contribution in [3.63, 3.8) is 0 Å². The quantitative estimate of drug-likeness (QED) is 0.686. The van der Waals surface area contributed by atoms with Crippen LogP contribution in [0.4, 0.5) is 0 Å². The number of aliphatic hydroxyl groups excluding tert-OH is 1. The number of hydrogen-bond donors (Lipinski definition) is 2. The zero-order chi connectivity index (χ0) is 12.4. The Morgan fingerprint density at radius 3 is 2.76 bits per heavy atom. The minimum Gasteiger partial charge on any atom is -0.396 e. The molecule has 2 saturated carbocycles. The summed E-state index contributed by atoms with van der Waals surface area (Å²) in [6, 6.07) is 0. The highest BCUT2D eigenvalue weighted by molar-refractivity contribution is 5.32. The summed E-state index contributed by atoms with van der Waals surface area (Å²) in [6.07, 6.45) is 5.29. The van der Waals surface area contributed by atoms with Gasteiger partial charge in [0.2, 0.25) is 0 Å². The maximum atomic E-state index is 10.6. The Morgan fingerprint density at radius 1 is 1.41 bits per heavy atom. The van der Waals surface area contributed by atoms with E-state index < -0.39 is 5.60 Å². The molecule has 0 bridgehead atoms. The predicted octanol–water partition coefficient (Wildman–Crippen LogP) is 2.36. The first-order chi connectivity index (χ1) is 7.92. The summed E-state index contributed by atoms with van der Waals surface area (Å²) >= 11 is 0. The third-order valence-corrected chi connectivity index (χ3v) is 5.91. The van der Waals surface area contributed by atoms with Gasteiger partial charge in [0.25, 0.3) is 0 Å². The maximum absolute atomic E-state index is 10.6. The van der Waals surface area contributed by atoms with Crippen molar-refractivity contribution in [3.05, 3.63) is 11.6 Å². The van der Waals surface area contributed by atoms with Gasteiger partial charge in [0.1, 0.15) is 0 Å². The van der Waals surface area contributed by atoms with Gasteiger partial charge in [0.05, 0.1) is 5.60 Å². The average molecular weight is 236 g/mol. The minimum absolute atomic E-state index is 0.124. The number of allylic oxidation sites excluding steroid dienone is 1. The van der Waals surface area contributed by atoms with E-state index in [-0.39, 0.29) is 5.41 Å². The molecule has 0 heterocycles. The van der Waals surface area contributed by atoms with Gasteiger partial charge in [-0.3, -0.25) is 0 Å². The average Bonchev–Trinajstić information content (AvgIpc) is 2.70. The molecule has 2 fully saturated rings. The summed E-state index contributed by atoms with van der Waals surface area (Å²) in [5.74, 6) is 2.37. The molecule has 3 aliphatic carbocycles. The van der Waals surface area contributed by atoms with Crippen LogP contribution < -0.4 is 0 Å². The fraction of sp³-hybridized carbons (Fsp3) is 0.867. The van der Waals surface area contributed by atoms with Crippen molar-refractivity contribution in [1.82, 2.24) is 0 Å². The Labute approximate surface area is 104 Å². The molecule has 17 heavy (non-hydrogen) atoms. The van der Waals surface area contributed by atoms with Crippen molar-refractivity contribution in [2.75, 3.05) is 6.61 Å². The lowest BCUT2D eigenvalue weighted by atomic mass is 9.78. The van der Waals surface area contributed by atoms with E-state index >= 15 is 0 Å². The molecule has 2 N–H and O–H groups in total. The highest BCUT2D eigenvalue weighted by Gasteiger charge is 2.67. The van der Waals surface area contributed by atoms with Crippen molar-refractivity contribution >= 4 is 0 Å². The third kappa shape index (κ3) is 1.40. The van der Waals surface area contributed by atoms with Crippen LogP contribution in [0.5, 0.6) is 0 Å². The molecule has 0 aromatic rings. The van der Waals surface area contributed by atoms with Crippen LogP contribution in [-0.4, -0.2) is 22.4 Å². The van der Waals surface area contributed by atoms with E-state index in [1.807, 2.05) is 6.92 Å². The van der Waals surface area contributed by atoms with Crippen LogP contribution in [0.25, 0.3) is 0 Å². The van der Waals surface area contributed by atoms with Gasteiger partial charge in [-0.05, 0) is 60.8 Å². The zero-order valence-electron chi connectivity index (χ0n) is 11.1. The molecule has 0 amide bonds. The maximum Gasteiger partial charge on any atom is 0.0831 e. The molecular weight excluding hydrogens is 212 g/mol. The van der Waals surface area contributed by atoms with Gasteiger partial charge in [0.15, 0.2) is 0 Å².